The molecule has 4 fully saturated rings. The summed E-state index contributed by atoms with van der Waals surface area (Å²) in [5.41, 5.74) is -0.349. The number of fused-ring (bicyclic) bond motifs is 5. The van der Waals surface area contributed by atoms with Crippen LogP contribution in [-0.2, 0) is 4.74 Å². The number of nitrogens with zero attached hydrogens (tertiary/aromatic N) is 8. The molecule has 11 nitrogen and oxygen atoms in total. The highest BCUT2D eigenvalue weighted by molar-refractivity contribution is 7.23. The first-order chi connectivity index (χ1) is 25.8. The van der Waals surface area contributed by atoms with E-state index in [1.807, 2.05) is 25.7 Å². The number of nitriles is 1. The molecule has 6 heterocycles. The van der Waals surface area contributed by atoms with Crippen LogP contribution in [0.1, 0.15) is 64.9 Å². The smallest absolute Gasteiger partial charge is 0.410 e. The Morgan fingerprint density at radius 2 is 1.87 bits per heavy atom. The number of benzene rings is 2. The van der Waals surface area contributed by atoms with Gasteiger partial charge in [0.05, 0.1) is 39.2 Å². The lowest BCUT2D eigenvalue weighted by molar-refractivity contribution is 0.0122. The van der Waals surface area contributed by atoms with Crippen molar-refractivity contribution in [2.45, 2.75) is 82.5 Å². The molecular formula is C39H43ClF2N8O3S. The molecule has 0 spiro atoms. The maximum Gasteiger partial charge on any atom is 0.410 e. The molecule has 0 aliphatic carbocycles. The Morgan fingerprint density at radius 3 is 2.52 bits per heavy atom. The van der Waals surface area contributed by atoms with Crippen molar-refractivity contribution < 1.29 is 23.0 Å². The van der Waals surface area contributed by atoms with E-state index >= 15 is 8.78 Å². The molecule has 2 atom stereocenters. The Balaban J connectivity index is 1.25. The summed E-state index contributed by atoms with van der Waals surface area (Å²) in [4.78, 5) is 35.4. The van der Waals surface area contributed by atoms with Crippen molar-refractivity contribution in [3.63, 3.8) is 0 Å². The van der Waals surface area contributed by atoms with Gasteiger partial charge in [0, 0.05) is 43.5 Å². The van der Waals surface area contributed by atoms with E-state index in [1.165, 1.54) is 18.5 Å². The molecule has 2 bridgehead atoms. The van der Waals surface area contributed by atoms with Gasteiger partial charge in [0.2, 0.25) is 0 Å². The highest BCUT2D eigenvalue weighted by Gasteiger charge is 2.46. The summed E-state index contributed by atoms with van der Waals surface area (Å²) in [5.74, 6) is -0.816. The zero-order valence-electron chi connectivity index (χ0n) is 31.1. The van der Waals surface area contributed by atoms with Crippen LogP contribution < -0.4 is 9.64 Å². The largest absolute Gasteiger partial charge is 0.461 e. The van der Waals surface area contributed by atoms with Crippen LogP contribution in [0.15, 0.2) is 23.2 Å². The number of hydrogen-bond acceptors (Lipinski definition) is 10. The van der Waals surface area contributed by atoms with Gasteiger partial charge in [0.1, 0.15) is 40.4 Å². The van der Waals surface area contributed by atoms with Crippen LogP contribution >= 0.6 is 22.9 Å². The quantitative estimate of drug-likeness (QED) is 0.136. The molecule has 4 aliphatic heterocycles. The van der Waals surface area contributed by atoms with Crippen LogP contribution in [0.3, 0.4) is 0 Å². The van der Waals surface area contributed by atoms with Gasteiger partial charge in [-0.25, -0.2) is 18.6 Å². The SMILES string of the molecule is CN(C)/C=N/c1sc2c(F)ccc(-c3c(Cl)cc4c(N5C[C@H]6CC[C@@H](C5)N6C(=O)OC(C)(C)C)nc(OCC56CCCN5CCC6)nc4c3F)c2c1C#N. The van der Waals surface area contributed by atoms with E-state index in [0.717, 1.165) is 63.0 Å². The van der Waals surface area contributed by atoms with Crippen LogP contribution in [0.25, 0.3) is 32.1 Å². The standard InChI is InChI=1S/C39H43ClF2N8O3S/c1-38(2,3)53-37(51)50-22-8-9-23(50)19-48(18-22)34-25-16-27(40)30(24-10-11-28(41)33-29(24)26(17-43)35(54-33)44-21-47(4)5)31(42)32(25)45-36(46-34)52-20-39-12-6-14-49(39)15-7-13-39/h10-11,16,21-23H,6-9,12-15,18-20H2,1-5H3/b44-21+/t22-,23+. The lowest BCUT2D eigenvalue weighted by Gasteiger charge is -2.42. The lowest BCUT2D eigenvalue weighted by Crippen LogP contribution is -2.57. The molecular weight excluding hydrogens is 734 g/mol. The third-order valence-electron chi connectivity index (χ3n) is 11.1. The van der Waals surface area contributed by atoms with E-state index in [-0.39, 0.29) is 67.0 Å². The summed E-state index contributed by atoms with van der Waals surface area (Å²) in [6.07, 6.45) is 7.00. The number of piperazine rings is 1. The molecule has 4 aromatic rings. The number of aliphatic imine (C=N–C) groups is 1. The average Bonchev–Trinajstić information content (AvgIpc) is 3.86. The lowest BCUT2D eigenvalue weighted by atomic mass is 9.95. The molecule has 15 heteroatoms. The normalized spacial score (nSPS) is 21.0. The molecule has 4 saturated heterocycles. The number of carbonyl (C=O) groups is 1. The first kappa shape index (κ1) is 36.6. The van der Waals surface area contributed by atoms with E-state index in [4.69, 9.17) is 31.0 Å². The van der Waals surface area contributed by atoms with E-state index in [9.17, 15) is 10.1 Å². The van der Waals surface area contributed by atoms with Crippen molar-refractivity contribution in [2.75, 3.05) is 51.8 Å². The van der Waals surface area contributed by atoms with Gasteiger partial charge in [-0.2, -0.15) is 15.2 Å². The minimum absolute atomic E-state index is 0.000540. The highest BCUT2D eigenvalue weighted by Crippen LogP contribution is 2.48. The number of halogens is 3. The monoisotopic (exact) mass is 776 g/mol. The number of hydrogen-bond donors (Lipinski definition) is 0. The molecule has 2 aromatic carbocycles. The van der Waals surface area contributed by atoms with Crippen molar-refractivity contribution in [2.24, 2.45) is 4.99 Å². The van der Waals surface area contributed by atoms with Gasteiger partial charge in [-0.3, -0.25) is 9.80 Å². The molecule has 2 aromatic heterocycles. The number of carbonyl (C=O) groups excluding carboxylic acids is 1. The third-order valence-corrected chi connectivity index (χ3v) is 12.5. The van der Waals surface area contributed by atoms with E-state index < -0.39 is 17.2 Å². The van der Waals surface area contributed by atoms with Crippen molar-refractivity contribution in [3.8, 4) is 23.2 Å². The minimum atomic E-state index is -0.732. The van der Waals surface area contributed by atoms with E-state index in [1.54, 1.807) is 25.1 Å². The summed E-state index contributed by atoms with van der Waals surface area (Å²) in [7, 11) is 3.58. The highest BCUT2D eigenvalue weighted by atomic mass is 35.5. The first-order valence-electron chi connectivity index (χ1n) is 18.5. The predicted octanol–water partition coefficient (Wildman–Crippen LogP) is 8.13. The third kappa shape index (κ3) is 6.37. The summed E-state index contributed by atoms with van der Waals surface area (Å²) in [6, 6.07) is 6.31. The fourth-order valence-electron chi connectivity index (χ4n) is 8.79. The fourth-order valence-corrected chi connectivity index (χ4v) is 10.1. The molecule has 54 heavy (non-hydrogen) atoms. The minimum Gasteiger partial charge on any atom is -0.461 e. The molecule has 0 saturated carbocycles. The number of anilines is 1. The second-order valence-electron chi connectivity index (χ2n) is 16.1. The zero-order chi connectivity index (χ0) is 38.1. The van der Waals surface area contributed by atoms with Crippen molar-refractivity contribution in [3.05, 3.63) is 40.4 Å². The van der Waals surface area contributed by atoms with E-state index in [2.05, 4.69) is 20.9 Å². The van der Waals surface area contributed by atoms with Gasteiger partial charge >= 0.3 is 12.1 Å². The second-order valence-corrected chi connectivity index (χ2v) is 17.5. The molecule has 284 valence electrons. The summed E-state index contributed by atoms with van der Waals surface area (Å²) in [5, 5.41) is 11.3. The van der Waals surface area contributed by atoms with Gasteiger partial charge in [0.25, 0.3) is 0 Å². The van der Waals surface area contributed by atoms with Crippen LogP contribution in [0.2, 0.25) is 5.02 Å². The van der Waals surface area contributed by atoms with Gasteiger partial charge in [-0.15, -0.1) is 11.3 Å². The topological polar surface area (TPSA) is 110 Å². The maximum absolute atomic E-state index is 17.4. The summed E-state index contributed by atoms with van der Waals surface area (Å²) < 4.78 is 45.1. The average molecular weight is 777 g/mol. The van der Waals surface area contributed by atoms with Gasteiger partial charge in [-0.1, -0.05) is 17.7 Å². The van der Waals surface area contributed by atoms with Gasteiger partial charge in [0.15, 0.2) is 5.82 Å². The van der Waals surface area contributed by atoms with Crippen LogP contribution in [-0.4, -0.2) is 107 Å². The van der Waals surface area contributed by atoms with Crippen LogP contribution in [0, 0.1) is 23.0 Å². The predicted molar refractivity (Wildman–Crippen MR) is 207 cm³/mol. The van der Waals surface area contributed by atoms with Crippen molar-refractivity contribution >= 4 is 67.2 Å². The zero-order valence-corrected chi connectivity index (χ0v) is 32.7. The maximum atomic E-state index is 17.4. The number of thiophene rings is 1. The first-order valence-corrected chi connectivity index (χ1v) is 19.7. The molecule has 0 radical (unpaired) electrons. The van der Waals surface area contributed by atoms with Crippen molar-refractivity contribution in [1.29, 1.82) is 5.26 Å². The number of amides is 1. The Bertz CT molecular complexity index is 2210. The Labute approximate surface area is 322 Å². The summed E-state index contributed by atoms with van der Waals surface area (Å²) >= 11 is 8.03. The molecule has 8 rings (SSSR count). The fraction of sp³-hybridized carbons (Fsp3) is 0.513. The Hall–Kier alpha value is -4.32. The van der Waals surface area contributed by atoms with Crippen LogP contribution in [0.4, 0.5) is 24.4 Å². The van der Waals surface area contributed by atoms with Crippen LogP contribution in [0.5, 0.6) is 6.01 Å². The second kappa shape index (κ2) is 13.8. The molecule has 1 amide bonds. The molecule has 0 unspecified atom stereocenters. The molecule has 0 N–H and O–H groups in total. The number of aromatic nitrogens is 2. The van der Waals surface area contributed by atoms with Crippen molar-refractivity contribution in [1.82, 2.24) is 24.7 Å². The number of rotatable bonds is 7. The number of ether oxygens (including phenoxy) is 2. The Morgan fingerprint density at radius 1 is 1.17 bits per heavy atom. The van der Waals surface area contributed by atoms with E-state index in [0.29, 0.717) is 35.9 Å². The Kier molecular flexibility index (Phi) is 9.34. The van der Waals surface area contributed by atoms with Gasteiger partial charge < -0.3 is 19.3 Å². The summed E-state index contributed by atoms with van der Waals surface area (Å²) in [6.45, 7) is 8.90. The van der Waals surface area contributed by atoms with Gasteiger partial charge in [-0.05, 0) is 90.1 Å². The molecule has 4 aliphatic rings.